The highest BCUT2D eigenvalue weighted by molar-refractivity contribution is 5.87. The average Bonchev–Trinajstić information content (AvgIpc) is 2.83. The van der Waals surface area contributed by atoms with Crippen LogP contribution in [0.4, 0.5) is 0 Å². The van der Waals surface area contributed by atoms with Gasteiger partial charge in [0, 0.05) is 38.2 Å². The van der Waals surface area contributed by atoms with Gasteiger partial charge in [0.1, 0.15) is 11.8 Å². The van der Waals surface area contributed by atoms with E-state index in [1.54, 1.807) is 10.6 Å². The van der Waals surface area contributed by atoms with Crippen LogP contribution in [0.3, 0.4) is 0 Å². The van der Waals surface area contributed by atoms with Gasteiger partial charge in [-0.3, -0.25) is 4.90 Å². The van der Waals surface area contributed by atoms with Crippen LogP contribution >= 0.6 is 0 Å². The van der Waals surface area contributed by atoms with E-state index in [1.165, 1.54) is 0 Å². The van der Waals surface area contributed by atoms with Crippen LogP contribution < -0.4 is 0 Å². The predicted octanol–water partition coefficient (Wildman–Crippen LogP) is 0.778. The summed E-state index contributed by atoms with van der Waals surface area (Å²) >= 11 is 0. The van der Waals surface area contributed by atoms with E-state index in [0.717, 1.165) is 19.3 Å². The van der Waals surface area contributed by atoms with Crippen LogP contribution in [0.15, 0.2) is 18.3 Å². The van der Waals surface area contributed by atoms with Gasteiger partial charge >= 0.3 is 5.97 Å². The Morgan fingerprint density at radius 3 is 2.79 bits per heavy atom. The van der Waals surface area contributed by atoms with Gasteiger partial charge in [-0.25, -0.2) is 4.79 Å². The van der Waals surface area contributed by atoms with Crippen molar-refractivity contribution < 1.29 is 14.6 Å². The maximum absolute atomic E-state index is 12.1. The number of aliphatic hydroxyl groups excluding tert-OH is 1. The maximum atomic E-state index is 12.1. The van der Waals surface area contributed by atoms with Crippen molar-refractivity contribution in [3.63, 3.8) is 0 Å². The summed E-state index contributed by atoms with van der Waals surface area (Å²) in [5, 5.41) is 9.96. The lowest BCUT2D eigenvalue weighted by molar-refractivity contribution is -0.00906. The minimum Gasteiger partial charge on any atom is -0.458 e. The Kier molecular flexibility index (Phi) is 3.11. The number of aliphatic hydroxyl groups is 1. The van der Waals surface area contributed by atoms with Crippen LogP contribution in [0.25, 0.3) is 0 Å². The van der Waals surface area contributed by atoms with E-state index in [4.69, 9.17) is 4.74 Å². The lowest BCUT2D eigenvalue weighted by atomic mass is 10.0. The van der Waals surface area contributed by atoms with Gasteiger partial charge in [-0.15, -0.1) is 0 Å². The van der Waals surface area contributed by atoms with Crippen molar-refractivity contribution in [2.45, 2.75) is 43.6 Å². The fraction of sp³-hybridized carbons (Fsp3) is 0.643. The van der Waals surface area contributed by atoms with E-state index in [2.05, 4.69) is 4.90 Å². The maximum Gasteiger partial charge on any atom is 0.355 e. The fourth-order valence-corrected chi connectivity index (χ4v) is 3.38. The number of aromatic nitrogens is 1. The molecule has 3 heterocycles. The second-order valence-corrected chi connectivity index (χ2v) is 5.69. The smallest absolute Gasteiger partial charge is 0.355 e. The largest absolute Gasteiger partial charge is 0.458 e. The molecule has 1 aromatic heterocycles. The first-order valence-electron chi connectivity index (χ1n) is 6.78. The molecule has 2 bridgehead atoms. The van der Waals surface area contributed by atoms with Crippen molar-refractivity contribution in [1.29, 1.82) is 0 Å². The summed E-state index contributed by atoms with van der Waals surface area (Å²) in [6, 6.07) is 4.06. The predicted molar refractivity (Wildman–Crippen MR) is 69.8 cm³/mol. The molecule has 19 heavy (non-hydrogen) atoms. The van der Waals surface area contributed by atoms with Crippen LogP contribution in [0.5, 0.6) is 0 Å². The molecule has 4 atom stereocenters. The van der Waals surface area contributed by atoms with Crippen molar-refractivity contribution >= 4 is 5.97 Å². The first-order chi connectivity index (χ1) is 9.06. The minimum absolute atomic E-state index is 0.0780. The summed E-state index contributed by atoms with van der Waals surface area (Å²) in [7, 11) is 3.87. The molecule has 0 amide bonds. The molecule has 5 heteroatoms. The van der Waals surface area contributed by atoms with Gasteiger partial charge in [0.15, 0.2) is 0 Å². The second kappa shape index (κ2) is 4.65. The Bertz CT molecular complexity index is 485. The van der Waals surface area contributed by atoms with Gasteiger partial charge < -0.3 is 14.4 Å². The van der Waals surface area contributed by atoms with Gasteiger partial charge in [-0.1, -0.05) is 0 Å². The van der Waals surface area contributed by atoms with Gasteiger partial charge in [-0.05, 0) is 25.6 Å². The molecule has 2 saturated heterocycles. The number of fused-ring (bicyclic) bond motifs is 2. The van der Waals surface area contributed by atoms with E-state index in [0.29, 0.717) is 11.7 Å². The number of carbonyl (C=O) groups is 1. The first-order valence-corrected chi connectivity index (χ1v) is 6.78. The molecule has 2 aliphatic heterocycles. The standard InChI is InChI=1S/C14H20N2O3/c1-15-5-3-4-11(15)14(18)19-10-6-9-7-13(17)12(8-10)16(9)2/h3-5,9-10,12-13,17H,6-8H2,1-2H3/t9-,10-,12-,13-/m0/s1. The Morgan fingerprint density at radius 1 is 1.37 bits per heavy atom. The zero-order chi connectivity index (χ0) is 13.6. The van der Waals surface area contributed by atoms with E-state index < -0.39 is 0 Å². The Hall–Kier alpha value is -1.33. The molecule has 0 saturated carbocycles. The zero-order valence-corrected chi connectivity index (χ0v) is 11.3. The van der Waals surface area contributed by atoms with Crippen molar-refractivity contribution in [2.75, 3.05) is 7.05 Å². The number of ether oxygens (including phenoxy) is 1. The molecule has 0 aromatic carbocycles. The normalized spacial score (nSPS) is 34.5. The number of rotatable bonds is 2. The highest BCUT2D eigenvalue weighted by Crippen LogP contribution is 2.36. The number of piperidine rings is 1. The van der Waals surface area contributed by atoms with Crippen molar-refractivity contribution in [3.05, 3.63) is 24.0 Å². The number of hydrogen-bond donors (Lipinski definition) is 1. The van der Waals surface area contributed by atoms with Gasteiger partial charge in [0.05, 0.1) is 6.10 Å². The van der Waals surface area contributed by atoms with E-state index >= 15 is 0 Å². The van der Waals surface area contributed by atoms with Crippen LogP contribution in [0.2, 0.25) is 0 Å². The molecule has 0 radical (unpaired) electrons. The molecule has 2 fully saturated rings. The zero-order valence-electron chi connectivity index (χ0n) is 11.3. The number of likely N-dealkylation sites (N-methyl/N-ethyl adjacent to an activating group) is 1. The lowest BCUT2D eigenvalue weighted by Crippen LogP contribution is -2.45. The number of hydrogen-bond acceptors (Lipinski definition) is 4. The van der Waals surface area contributed by atoms with Gasteiger partial charge in [0.25, 0.3) is 0 Å². The molecular formula is C14H20N2O3. The Morgan fingerprint density at radius 2 is 2.16 bits per heavy atom. The molecule has 0 aliphatic carbocycles. The van der Waals surface area contributed by atoms with E-state index in [-0.39, 0.29) is 24.2 Å². The molecule has 0 spiro atoms. The molecule has 1 N–H and O–H groups in total. The number of esters is 1. The van der Waals surface area contributed by atoms with Crippen LogP contribution in [0, 0.1) is 0 Å². The molecule has 0 unspecified atom stereocenters. The fourth-order valence-electron chi connectivity index (χ4n) is 3.38. The van der Waals surface area contributed by atoms with E-state index in [1.807, 2.05) is 26.4 Å². The monoisotopic (exact) mass is 264 g/mol. The average molecular weight is 264 g/mol. The van der Waals surface area contributed by atoms with Gasteiger partial charge in [-0.2, -0.15) is 0 Å². The van der Waals surface area contributed by atoms with Crippen LogP contribution in [-0.2, 0) is 11.8 Å². The first kappa shape index (κ1) is 12.7. The van der Waals surface area contributed by atoms with Crippen molar-refractivity contribution in [2.24, 2.45) is 7.05 Å². The summed E-state index contributed by atoms with van der Waals surface area (Å²) in [6.45, 7) is 0. The van der Waals surface area contributed by atoms with Gasteiger partial charge in [0.2, 0.25) is 0 Å². The van der Waals surface area contributed by atoms with E-state index in [9.17, 15) is 9.90 Å². The third-order valence-corrected chi connectivity index (χ3v) is 4.52. The molecule has 3 rings (SSSR count). The Balaban J connectivity index is 1.66. The SMILES string of the molecule is CN1[C@H]2C[C@H](OC(=O)c3cccn3C)C[C@H]1[C@@H](O)C2. The van der Waals surface area contributed by atoms with Crippen molar-refractivity contribution in [3.8, 4) is 0 Å². The molecule has 2 aliphatic rings. The summed E-state index contributed by atoms with van der Waals surface area (Å²) in [6.07, 6.45) is 3.81. The summed E-state index contributed by atoms with van der Waals surface area (Å²) in [5.41, 5.74) is 0.576. The second-order valence-electron chi connectivity index (χ2n) is 5.69. The summed E-state index contributed by atoms with van der Waals surface area (Å²) < 4.78 is 7.36. The molecule has 5 nitrogen and oxygen atoms in total. The minimum atomic E-state index is -0.284. The lowest BCUT2D eigenvalue weighted by Gasteiger charge is -2.35. The summed E-state index contributed by atoms with van der Waals surface area (Å²) in [5.74, 6) is -0.268. The summed E-state index contributed by atoms with van der Waals surface area (Å²) in [4.78, 5) is 14.3. The quantitative estimate of drug-likeness (QED) is 0.802. The molecule has 104 valence electrons. The van der Waals surface area contributed by atoms with Crippen LogP contribution in [0.1, 0.15) is 29.8 Å². The van der Waals surface area contributed by atoms with Crippen molar-refractivity contribution in [1.82, 2.24) is 9.47 Å². The Labute approximate surface area is 112 Å². The highest BCUT2D eigenvalue weighted by Gasteiger charge is 2.45. The number of nitrogens with zero attached hydrogens (tertiary/aromatic N) is 2. The molecular weight excluding hydrogens is 244 g/mol. The third-order valence-electron chi connectivity index (χ3n) is 4.52. The topological polar surface area (TPSA) is 54.7 Å². The van der Waals surface area contributed by atoms with Crippen LogP contribution in [-0.4, -0.2) is 51.9 Å². The third kappa shape index (κ3) is 2.17. The highest BCUT2D eigenvalue weighted by atomic mass is 16.5. The molecule has 1 aromatic rings. The number of aryl methyl sites for hydroxylation is 1. The number of carbonyl (C=O) groups excluding carboxylic acids is 1.